The summed E-state index contributed by atoms with van der Waals surface area (Å²) < 4.78 is 11.9. The third-order valence-electron chi connectivity index (χ3n) is 3.84. The van der Waals surface area contributed by atoms with E-state index in [0.29, 0.717) is 17.6 Å². The van der Waals surface area contributed by atoms with Crippen molar-refractivity contribution < 1.29 is 9.47 Å². The van der Waals surface area contributed by atoms with Crippen LogP contribution in [-0.4, -0.2) is 38.8 Å². The Morgan fingerprint density at radius 1 is 0.885 bits per heavy atom. The predicted octanol–water partition coefficient (Wildman–Crippen LogP) is 2.95. The highest BCUT2D eigenvalue weighted by atomic mass is 16.5. The van der Waals surface area contributed by atoms with Crippen LogP contribution in [0.5, 0.6) is 11.8 Å². The summed E-state index contributed by atoms with van der Waals surface area (Å²) in [4.78, 5) is 13.1. The van der Waals surface area contributed by atoms with E-state index in [2.05, 4.69) is 25.4 Å². The molecular weight excluding hydrogens is 332 g/mol. The molecule has 0 saturated carbocycles. The van der Waals surface area contributed by atoms with Gasteiger partial charge in [-0.25, -0.2) is 19.5 Å². The van der Waals surface area contributed by atoms with Crippen LogP contribution < -0.4 is 14.8 Å². The van der Waals surface area contributed by atoms with E-state index in [4.69, 9.17) is 9.47 Å². The molecule has 0 aliphatic heterocycles. The van der Waals surface area contributed by atoms with Crippen LogP contribution in [0.3, 0.4) is 0 Å². The summed E-state index contributed by atoms with van der Waals surface area (Å²) in [5, 5.41) is 7.58. The fourth-order valence-electron chi connectivity index (χ4n) is 2.53. The second-order valence-electron chi connectivity index (χ2n) is 5.44. The van der Waals surface area contributed by atoms with Crippen molar-refractivity contribution in [3.63, 3.8) is 0 Å². The number of aromatic nitrogens is 5. The summed E-state index contributed by atoms with van der Waals surface area (Å²) in [6, 6.07) is 9.25. The molecule has 0 bridgehead atoms. The zero-order valence-electron chi connectivity index (χ0n) is 14.2. The Balaban J connectivity index is 1.67. The SMILES string of the molecule is COc1ccc(Nc2ccn3ncc(-c4ccc(OC)nc4)c3n2)cn1. The first kappa shape index (κ1) is 15.8. The molecule has 8 heteroatoms. The Labute approximate surface area is 149 Å². The first-order valence-corrected chi connectivity index (χ1v) is 7.88. The molecule has 4 rings (SSSR count). The predicted molar refractivity (Wildman–Crippen MR) is 96.8 cm³/mol. The number of pyridine rings is 2. The molecule has 0 amide bonds. The van der Waals surface area contributed by atoms with Gasteiger partial charge in [0, 0.05) is 35.7 Å². The highest BCUT2D eigenvalue weighted by molar-refractivity contribution is 5.77. The third-order valence-corrected chi connectivity index (χ3v) is 3.84. The van der Waals surface area contributed by atoms with Gasteiger partial charge in [0.2, 0.25) is 11.8 Å². The Bertz CT molecular complexity index is 1030. The summed E-state index contributed by atoms with van der Waals surface area (Å²) >= 11 is 0. The molecule has 0 radical (unpaired) electrons. The lowest BCUT2D eigenvalue weighted by Gasteiger charge is -2.07. The van der Waals surface area contributed by atoms with Gasteiger partial charge in [0.25, 0.3) is 0 Å². The number of methoxy groups -OCH3 is 2. The first-order valence-electron chi connectivity index (χ1n) is 7.88. The van der Waals surface area contributed by atoms with E-state index in [9.17, 15) is 0 Å². The van der Waals surface area contributed by atoms with Crippen molar-refractivity contribution >= 4 is 17.2 Å². The van der Waals surface area contributed by atoms with Gasteiger partial charge in [0.1, 0.15) is 5.82 Å². The molecule has 1 N–H and O–H groups in total. The zero-order chi connectivity index (χ0) is 17.9. The highest BCUT2D eigenvalue weighted by Gasteiger charge is 2.10. The number of nitrogens with zero attached hydrogens (tertiary/aromatic N) is 5. The fraction of sp³-hybridized carbons (Fsp3) is 0.111. The molecule has 0 atom stereocenters. The van der Waals surface area contributed by atoms with Crippen LogP contribution in [0.25, 0.3) is 16.8 Å². The van der Waals surface area contributed by atoms with E-state index in [1.807, 2.05) is 30.5 Å². The number of anilines is 2. The van der Waals surface area contributed by atoms with Crippen molar-refractivity contribution in [3.05, 3.63) is 55.1 Å². The maximum atomic E-state index is 5.10. The van der Waals surface area contributed by atoms with Gasteiger partial charge in [-0.15, -0.1) is 0 Å². The van der Waals surface area contributed by atoms with Crippen LogP contribution in [-0.2, 0) is 0 Å². The van der Waals surface area contributed by atoms with Gasteiger partial charge in [0.15, 0.2) is 5.65 Å². The Hall–Kier alpha value is -3.68. The van der Waals surface area contributed by atoms with E-state index < -0.39 is 0 Å². The molecule has 26 heavy (non-hydrogen) atoms. The minimum atomic E-state index is 0.559. The van der Waals surface area contributed by atoms with Crippen LogP contribution in [0.4, 0.5) is 11.5 Å². The van der Waals surface area contributed by atoms with Gasteiger partial charge in [0.05, 0.1) is 32.3 Å². The minimum Gasteiger partial charge on any atom is -0.481 e. The molecule has 4 aromatic rings. The van der Waals surface area contributed by atoms with Gasteiger partial charge in [-0.3, -0.25) is 0 Å². The summed E-state index contributed by atoms with van der Waals surface area (Å²) in [5.74, 6) is 1.81. The first-order chi connectivity index (χ1) is 12.8. The molecule has 130 valence electrons. The van der Waals surface area contributed by atoms with Crippen LogP contribution in [0.1, 0.15) is 0 Å². The van der Waals surface area contributed by atoms with E-state index in [0.717, 1.165) is 22.5 Å². The van der Waals surface area contributed by atoms with Gasteiger partial charge in [-0.2, -0.15) is 5.10 Å². The van der Waals surface area contributed by atoms with Crippen molar-refractivity contribution in [1.82, 2.24) is 24.6 Å². The standard InChI is InChI=1S/C18H16N6O2/c1-25-16-5-3-12(9-19-16)14-11-21-24-8-7-15(23-18(14)24)22-13-4-6-17(26-2)20-10-13/h3-11H,1-2H3,(H,22,23). The second kappa shape index (κ2) is 6.67. The molecule has 0 aliphatic rings. The zero-order valence-corrected chi connectivity index (χ0v) is 14.2. The lowest BCUT2D eigenvalue weighted by molar-refractivity contribution is 0.398. The monoisotopic (exact) mass is 348 g/mol. The number of rotatable bonds is 5. The molecule has 4 aromatic heterocycles. The summed E-state index contributed by atoms with van der Waals surface area (Å²) in [7, 11) is 3.17. The molecule has 0 fully saturated rings. The average Bonchev–Trinajstić information content (AvgIpc) is 3.12. The van der Waals surface area contributed by atoms with Crippen LogP contribution in [0.2, 0.25) is 0 Å². The molecular formula is C18H16N6O2. The quantitative estimate of drug-likeness (QED) is 0.593. The van der Waals surface area contributed by atoms with Gasteiger partial charge in [-0.1, -0.05) is 0 Å². The number of fused-ring (bicyclic) bond motifs is 1. The van der Waals surface area contributed by atoms with E-state index in [-0.39, 0.29) is 0 Å². The van der Waals surface area contributed by atoms with Gasteiger partial charge < -0.3 is 14.8 Å². The maximum absolute atomic E-state index is 5.10. The molecule has 0 aliphatic carbocycles. The second-order valence-corrected chi connectivity index (χ2v) is 5.44. The van der Waals surface area contributed by atoms with E-state index in [1.54, 1.807) is 43.4 Å². The maximum Gasteiger partial charge on any atom is 0.213 e. The molecule has 4 heterocycles. The van der Waals surface area contributed by atoms with Gasteiger partial charge in [-0.05, 0) is 18.2 Å². The summed E-state index contributed by atoms with van der Waals surface area (Å²) in [5.41, 5.74) is 3.34. The average molecular weight is 348 g/mol. The lowest BCUT2D eigenvalue weighted by Crippen LogP contribution is -1.98. The summed E-state index contributed by atoms with van der Waals surface area (Å²) in [6.45, 7) is 0. The molecule has 8 nitrogen and oxygen atoms in total. The molecule has 0 unspecified atom stereocenters. The number of hydrogen-bond donors (Lipinski definition) is 1. The fourth-order valence-corrected chi connectivity index (χ4v) is 2.53. The van der Waals surface area contributed by atoms with Crippen molar-refractivity contribution in [3.8, 4) is 22.9 Å². The molecule has 0 spiro atoms. The number of ether oxygens (including phenoxy) is 2. The molecule has 0 saturated heterocycles. The van der Waals surface area contributed by atoms with Crippen LogP contribution in [0, 0.1) is 0 Å². The highest BCUT2D eigenvalue weighted by Crippen LogP contribution is 2.25. The van der Waals surface area contributed by atoms with Crippen molar-refractivity contribution in [2.45, 2.75) is 0 Å². The van der Waals surface area contributed by atoms with Gasteiger partial charge >= 0.3 is 0 Å². The Morgan fingerprint density at radius 2 is 1.65 bits per heavy atom. The smallest absolute Gasteiger partial charge is 0.213 e. The number of nitrogens with one attached hydrogen (secondary N) is 1. The Kier molecular flexibility index (Phi) is 4.06. The lowest BCUT2D eigenvalue weighted by atomic mass is 10.1. The van der Waals surface area contributed by atoms with Crippen molar-refractivity contribution in [2.24, 2.45) is 0 Å². The number of hydrogen-bond acceptors (Lipinski definition) is 7. The topological polar surface area (TPSA) is 86.5 Å². The minimum absolute atomic E-state index is 0.559. The van der Waals surface area contributed by atoms with E-state index >= 15 is 0 Å². The third kappa shape index (κ3) is 3.00. The Morgan fingerprint density at radius 3 is 2.31 bits per heavy atom. The normalized spacial score (nSPS) is 10.7. The largest absolute Gasteiger partial charge is 0.481 e. The van der Waals surface area contributed by atoms with Crippen molar-refractivity contribution in [1.29, 1.82) is 0 Å². The van der Waals surface area contributed by atoms with Crippen LogP contribution >= 0.6 is 0 Å². The van der Waals surface area contributed by atoms with Crippen LogP contribution in [0.15, 0.2) is 55.1 Å². The van der Waals surface area contributed by atoms with Crippen molar-refractivity contribution in [2.75, 3.05) is 19.5 Å². The summed E-state index contributed by atoms with van der Waals surface area (Å²) in [6.07, 6.45) is 7.05. The molecule has 0 aromatic carbocycles. The van der Waals surface area contributed by atoms with E-state index in [1.165, 1.54) is 0 Å².